The van der Waals surface area contributed by atoms with Gasteiger partial charge in [0.15, 0.2) is 12.2 Å². The fourth-order valence-corrected chi connectivity index (χ4v) is 14.9. The second-order valence-corrected chi connectivity index (χ2v) is 32.8. The molecule has 0 aromatic carbocycles. The highest BCUT2D eigenvalue weighted by Crippen LogP contribution is 2.44. The minimum absolute atomic E-state index is 0.0904. The van der Waals surface area contributed by atoms with Crippen molar-refractivity contribution in [2.24, 2.45) is 0 Å². The Morgan fingerprint density at radius 3 is 0.760 bits per heavy atom. The number of unbranched alkanes of at least 4 members (excludes halogenated alkanes) is 44. The van der Waals surface area contributed by atoms with Crippen LogP contribution >= 0.6 is 37.2 Å². The lowest BCUT2D eigenvalue weighted by molar-refractivity contribution is -0.161. The van der Waals surface area contributed by atoms with Gasteiger partial charge < -0.3 is 39.4 Å². The highest BCUT2D eigenvalue weighted by molar-refractivity contribution is 8.76. The van der Waals surface area contributed by atoms with Crippen LogP contribution < -0.4 is 10.6 Å². The molecule has 4 atom stereocenters. The lowest BCUT2D eigenvalue weighted by atomic mass is 10.0. The average Bonchev–Trinajstić information content (AvgIpc) is 0.937. The van der Waals surface area contributed by atoms with Crippen LogP contribution in [-0.4, -0.2) is 122 Å². The van der Waals surface area contributed by atoms with Crippen LogP contribution in [0.2, 0.25) is 0 Å². The van der Waals surface area contributed by atoms with Crippen LogP contribution in [0.15, 0.2) is 0 Å². The number of esters is 4. The van der Waals surface area contributed by atoms with E-state index in [1.54, 1.807) is 0 Å². The number of ether oxygens (including phenoxy) is 4. The predicted octanol–water partition coefficient (Wildman–Crippen LogP) is 20.9. The monoisotopic (exact) mass is 1500 g/mol. The van der Waals surface area contributed by atoms with Gasteiger partial charge in [0.1, 0.15) is 13.2 Å². The molecule has 24 heteroatoms. The average molecular weight is 1500 g/mol. The largest absolute Gasteiger partial charge is 0.472 e. The predicted molar refractivity (Wildman–Crippen MR) is 408 cm³/mol. The molecule has 0 bridgehead atoms. The molecule has 0 aliphatic rings. The smallest absolute Gasteiger partial charge is 0.462 e. The Morgan fingerprint density at radius 1 is 0.300 bits per heavy atom. The summed E-state index contributed by atoms with van der Waals surface area (Å²) in [5.74, 6) is -1.76. The summed E-state index contributed by atoms with van der Waals surface area (Å²) in [6, 6.07) is 0. The second kappa shape index (κ2) is 73.6. The van der Waals surface area contributed by atoms with Gasteiger partial charge in [0.2, 0.25) is 11.8 Å². The van der Waals surface area contributed by atoms with Crippen molar-refractivity contribution in [1.82, 2.24) is 10.6 Å². The van der Waals surface area contributed by atoms with Crippen LogP contribution in [0.5, 0.6) is 0 Å². The summed E-state index contributed by atoms with van der Waals surface area (Å²) in [5, 5.41) is 5.25. The minimum Gasteiger partial charge on any atom is -0.462 e. The number of hydrogen-bond donors (Lipinski definition) is 4. The standard InChI is InChI=1S/C76H146N2O18P2S2/c1-5-9-13-17-21-25-28-30-31-33-36-40-44-48-52-56-76(84)96-70(66-90-74(82)54-50-46-42-38-35-32-29-26-22-18-14-10-6-2)68-94-98(87,88)92-62-60-78-72(80)58-64-100-99-63-57-71(79)77-59-61-91-97(85,86)93-67-69(65-89-73(81)53-49-45-41-37-24-20-16-12-8-4)95-75(83)55-51-47-43-39-34-27-23-19-15-11-7-3/h69-70H,5-68H2,1-4H3,(H,77,79)(H,78,80)(H,85,86)(H,87,88)/t69-,70-/m1/s1. The first-order valence-corrected chi connectivity index (χ1v) is 45.8. The maximum atomic E-state index is 13.0. The Balaban J connectivity index is 4.78. The van der Waals surface area contributed by atoms with Crippen LogP contribution in [0.4, 0.5) is 0 Å². The van der Waals surface area contributed by atoms with E-state index in [2.05, 4.69) is 38.3 Å². The van der Waals surface area contributed by atoms with E-state index in [9.17, 15) is 47.7 Å². The third-order valence-corrected chi connectivity index (χ3v) is 21.9. The van der Waals surface area contributed by atoms with E-state index in [-0.39, 0.29) is 89.9 Å². The summed E-state index contributed by atoms with van der Waals surface area (Å²) in [6.45, 7) is 6.24. The molecule has 0 radical (unpaired) electrons. The summed E-state index contributed by atoms with van der Waals surface area (Å²) in [7, 11) is -6.58. The van der Waals surface area contributed by atoms with Crippen molar-refractivity contribution in [3.8, 4) is 0 Å². The molecule has 0 fully saturated rings. The van der Waals surface area contributed by atoms with Gasteiger partial charge >= 0.3 is 39.5 Å². The molecule has 0 heterocycles. The first-order valence-electron chi connectivity index (χ1n) is 40.3. The van der Waals surface area contributed by atoms with Gasteiger partial charge in [-0.05, 0) is 25.7 Å². The van der Waals surface area contributed by atoms with E-state index >= 15 is 0 Å². The van der Waals surface area contributed by atoms with Crippen molar-refractivity contribution in [1.29, 1.82) is 0 Å². The summed E-state index contributed by atoms with van der Waals surface area (Å²) >= 11 is 0. The zero-order valence-corrected chi connectivity index (χ0v) is 67.0. The third-order valence-electron chi connectivity index (χ3n) is 17.5. The van der Waals surface area contributed by atoms with E-state index in [0.29, 0.717) is 37.2 Å². The highest BCUT2D eigenvalue weighted by Gasteiger charge is 2.28. The van der Waals surface area contributed by atoms with Crippen molar-refractivity contribution in [2.75, 3.05) is 64.2 Å². The normalized spacial score (nSPS) is 13.3. The molecule has 0 aromatic rings. The van der Waals surface area contributed by atoms with Crippen LogP contribution in [0.25, 0.3) is 0 Å². The van der Waals surface area contributed by atoms with Gasteiger partial charge in [-0.25, -0.2) is 9.13 Å². The van der Waals surface area contributed by atoms with Gasteiger partial charge in [0, 0.05) is 63.1 Å². The molecular weight excluding hydrogens is 1350 g/mol. The summed E-state index contributed by atoms with van der Waals surface area (Å²) < 4.78 is 68.3. The van der Waals surface area contributed by atoms with Gasteiger partial charge in [0.05, 0.1) is 26.4 Å². The second-order valence-electron chi connectivity index (χ2n) is 27.2. The van der Waals surface area contributed by atoms with E-state index < -0.39 is 64.9 Å². The van der Waals surface area contributed by atoms with Gasteiger partial charge in [-0.1, -0.05) is 332 Å². The summed E-state index contributed by atoms with van der Waals surface area (Å²) in [4.78, 5) is 97.1. The molecule has 0 saturated carbocycles. The topological polar surface area (TPSA) is 275 Å². The third kappa shape index (κ3) is 72.7. The first-order chi connectivity index (χ1) is 48.6. The minimum atomic E-state index is -4.67. The molecule has 20 nitrogen and oxygen atoms in total. The molecule has 100 heavy (non-hydrogen) atoms. The van der Waals surface area contributed by atoms with Gasteiger partial charge in [-0.2, -0.15) is 0 Å². The first kappa shape index (κ1) is 97.7. The zero-order chi connectivity index (χ0) is 73.4. The fraction of sp³-hybridized carbons (Fsp3) is 0.921. The van der Waals surface area contributed by atoms with E-state index in [1.165, 1.54) is 227 Å². The van der Waals surface area contributed by atoms with Crippen molar-refractivity contribution >= 4 is 72.9 Å². The van der Waals surface area contributed by atoms with Crippen LogP contribution in [0.3, 0.4) is 0 Å². The van der Waals surface area contributed by atoms with Crippen molar-refractivity contribution < 1.29 is 84.7 Å². The number of hydrogen-bond acceptors (Lipinski definition) is 18. The van der Waals surface area contributed by atoms with E-state index in [0.717, 1.165) is 77.0 Å². The lowest BCUT2D eigenvalue weighted by Crippen LogP contribution is -2.30. The summed E-state index contributed by atoms with van der Waals surface area (Å²) in [6.07, 6.45) is 54.3. The van der Waals surface area contributed by atoms with Gasteiger partial charge in [0.25, 0.3) is 0 Å². The highest BCUT2D eigenvalue weighted by atomic mass is 33.1. The molecule has 0 aromatic heterocycles. The zero-order valence-electron chi connectivity index (χ0n) is 63.5. The number of nitrogens with one attached hydrogen (secondary N) is 2. The molecule has 2 amide bonds. The van der Waals surface area contributed by atoms with Crippen molar-refractivity contribution in [3.05, 3.63) is 0 Å². The molecule has 0 spiro atoms. The number of amides is 2. The van der Waals surface area contributed by atoms with E-state index in [4.69, 9.17) is 37.0 Å². The Hall–Kier alpha value is -2.26. The number of phosphoric ester groups is 2. The number of carbonyl (C=O) groups excluding carboxylic acids is 6. The van der Waals surface area contributed by atoms with Crippen LogP contribution in [0.1, 0.15) is 374 Å². The summed E-state index contributed by atoms with van der Waals surface area (Å²) in [5.41, 5.74) is 0. The maximum Gasteiger partial charge on any atom is 0.472 e. The molecule has 0 aliphatic carbocycles. The Bertz CT molecular complexity index is 2030. The molecule has 0 aliphatic heterocycles. The number of carbonyl (C=O) groups is 6. The fourth-order valence-electron chi connectivity index (χ4n) is 11.4. The maximum absolute atomic E-state index is 13.0. The molecule has 0 saturated heterocycles. The molecule has 2 unspecified atom stereocenters. The quantitative estimate of drug-likeness (QED) is 0.0145. The number of rotatable bonds is 79. The van der Waals surface area contributed by atoms with Crippen molar-refractivity contribution in [3.63, 3.8) is 0 Å². The molecule has 590 valence electrons. The number of phosphoric acid groups is 2. The van der Waals surface area contributed by atoms with Gasteiger partial charge in [-0.15, -0.1) is 0 Å². The van der Waals surface area contributed by atoms with Crippen molar-refractivity contribution in [2.45, 2.75) is 387 Å². The molecule has 0 rings (SSSR count). The van der Waals surface area contributed by atoms with E-state index in [1.807, 2.05) is 0 Å². The van der Waals surface area contributed by atoms with Crippen LogP contribution in [-0.2, 0) is 74.9 Å². The van der Waals surface area contributed by atoms with Gasteiger partial charge in [-0.3, -0.25) is 46.9 Å². The SMILES string of the molecule is CCCCCCCCCCCCCCCCCC(=O)O[C@H](COC(=O)CCCCCCCCCCCCCCC)COP(=O)(O)OCCNC(=O)CCSSCCC(=O)NCCOP(=O)(O)OC[C@@H](COC(=O)CCCCCCCCCCC)OC(=O)CCCCCCCCCCCCC. The Morgan fingerprint density at radius 2 is 0.520 bits per heavy atom. The lowest BCUT2D eigenvalue weighted by Gasteiger charge is -2.20. The molecule has 4 N–H and O–H groups in total. The van der Waals surface area contributed by atoms with Crippen LogP contribution in [0, 0.1) is 0 Å². The Kier molecular flexibility index (Phi) is 72.0. The Labute approximate surface area is 615 Å². The molecular formula is C76H146N2O18P2S2.